The summed E-state index contributed by atoms with van der Waals surface area (Å²) in [5.74, 6) is 2.94. The molecule has 0 spiro atoms. The van der Waals surface area contributed by atoms with Gasteiger partial charge in [-0.25, -0.2) is 4.98 Å². The summed E-state index contributed by atoms with van der Waals surface area (Å²) in [6, 6.07) is 7.51. The highest BCUT2D eigenvalue weighted by atomic mass is 32.2. The first kappa shape index (κ1) is 13.6. The molecule has 8 heteroatoms. The van der Waals surface area contributed by atoms with Crippen molar-refractivity contribution in [3.8, 4) is 17.2 Å². The summed E-state index contributed by atoms with van der Waals surface area (Å²) in [6.45, 7) is 1.85. The van der Waals surface area contributed by atoms with Crippen molar-refractivity contribution in [3.05, 3.63) is 36.0 Å². The van der Waals surface area contributed by atoms with Gasteiger partial charge in [-0.2, -0.15) is 0 Å². The van der Waals surface area contributed by atoms with Crippen molar-refractivity contribution in [2.45, 2.75) is 17.8 Å². The predicted octanol–water partition coefficient (Wildman–Crippen LogP) is 2.46. The van der Waals surface area contributed by atoms with E-state index >= 15 is 0 Å². The van der Waals surface area contributed by atoms with Gasteiger partial charge in [0, 0.05) is 0 Å². The molecule has 21 heavy (non-hydrogen) atoms. The molecular weight excluding hydrogens is 290 g/mol. The van der Waals surface area contributed by atoms with E-state index in [0.29, 0.717) is 28.4 Å². The number of para-hydroxylation sites is 1. The average molecular weight is 303 g/mol. The van der Waals surface area contributed by atoms with Gasteiger partial charge in [0.15, 0.2) is 0 Å². The SMILES string of the molecule is COc1ccccc1-c1nnc(CSc2n[nH]c(C)n2)o1. The van der Waals surface area contributed by atoms with E-state index in [4.69, 9.17) is 9.15 Å². The lowest BCUT2D eigenvalue weighted by Crippen LogP contribution is -1.87. The molecule has 2 aromatic heterocycles. The third-order valence-corrected chi connectivity index (χ3v) is 3.54. The second kappa shape index (κ2) is 5.96. The number of hydrogen-bond donors (Lipinski definition) is 1. The number of rotatable bonds is 5. The lowest BCUT2D eigenvalue weighted by molar-refractivity contribution is 0.414. The van der Waals surface area contributed by atoms with Crippen LogP contribution in [0.25, 0.3) is 11.5 Å². The van der Waals surface area contributed by atoms with Crippen LogP contribution in [0, 0.1) is 6.92 Å². The van der Waals surface area contributed by atoms with E-state index in [1.165, 1.54) is 11.8 Å². The number of aromatic nitrogens is 5. The van der Waals surface area contributed by atoms with E-state index in [-0.39, 0.29) is 0 Å². The topological polar surface area (TPSA) is 89.7 Å². The number of benzene rings is 1. The Balaban J connectivity index is 1.74. The van der Waals surface area contributed by atoms with Crippen LogP contribution in [0.4, 0.5) is 0 Å². The van der Waals surface area contributed by atoms with Crippen molar-refractivity contribution in [1.29, 1.82) is 0 Å². The Hall–Kier alpha value is -2.35. The van der Waals surface area contributed by atoms with E-state index in [1.54, 1.807) is 7.11 Å². The van der Waals surface area contributed by atoms with E-state index in [1.807, 2.05) is 31.2 Å². The highest BCUT2D eigenvalue weighted by Crippen LogP contribution is 2.29. The van der Waals surface area contributed by atoms with E-state index in [9.17, 15) is 0 Å². The Labute approximate surface area is 125 Å². The molecule has 7 nitrogen and oxygen atoms in total. The van der Waals surface area contributed by atoms with Crippen molar-refractivity contribution in [1.82, 2.24) is 25.4 Å². The molecule has 0 amide bonds. The number of nitrogens with zero attached hydrogens (tertiary/aromatic N) is 4. The Morgan fingerprint density at radius 2 is 2.14 bits per heavy atom. The Bertz CT molecular complexity index is 740. The van der Waals surface area contributed by atoms with Crippen LogP contribution in [-0.2, 0) is 5.75 Å². The molecule has 0 fully saturated rings. The summed E-state index contributed by atoms with van der Waals surface area (Å²) in [5.41, 5.74) is 0.775. The van der Waals surface area contributed by atoms with Crippen molar-refractivity contribution in [3.63, 3.8) is 0 Å². The fraction of sp³-hybridized carbons (Fsp3) is 0.231. The molecule has 0 radical (unpaired) electrons. The minimum atomic E-state index is 0.439. The summed E-state index contributed by atoms with van der Waals surface area (Å²) in [5, 5.41) is 15.6. The van der Waals surface area contributed by atoms with Crippen LogP contribution in [0.5, 0.6) is 5.75 Å². The maximum atomic E-state index is 5.65. The molecule has 0 atom stereocenters. The van der Waals surface area contributed by atoms with Crippen LogP contribution < -0.4 is 4.74 Å². The van der Waals surface area contributed by atoms with Gasteiger partial charge in [-0.05, 0) is 19.1 Å². The molecule has 1 N–H and O–H groups in total. The zero-order chi connectivity index (χ0) is 14.7. The molecule has 3 aromatic rings. The van der Waals surface area contributed by atoms with Crippen molar-refractivity contribution >= 4 is 11.8 Å². The smallest absolute Gasteiger partial charge is 0.251 e. The molecule has 0 bridgehead atoms. The Morgan fingerprint density at radius 1 is 1.29 bits per heavy atom. The second-order valence-electron chi connectivity index (χ2n) is 4.19. The van der Waals surface area contributed by atoms with Gasteiger partial charge in [0.05, 0.1) is 18.4 Å². The van der Waals surface area contributed by atoms with Crippen molar-refractivity contribution in [2.75, 3.05) is 7.11 Å². The van der Waals surface area contributed by atoms with Crippen molar-refractivity contribution in [2.24, 2.45) is 0 Å². The third kappa shape index (κ3) is 3.05. The summed E-state index contributed by atoms with van der Waals surface area (Å²) in [7, 11) is 1.61. The lowest BCUT2D eigenvalue weighted by Gasteiger charge is -2.03. The van der Waals surface area contributed by atoms with Crippen LogP contribution in [-0.4, -0.2) is 32.5 Å². The first-order valence-corrected chi connectivity index (χ1v) is 7.22. The summed E-state index contributed by atoms with van der Waals surface area (Å²) in [6.07, 6.45) is 0. The fourth-order valence-electron chi connectivity index (χ4n) is 1.76. The zero-order valence-electron chi connectivity index (χ0n) is 11.5. The van der Waals surface area contributed by atoms with E-state index < -0.39 is 0 Å². The maximum absolute atomic E-state index is 5.65. The van der Waals surface area contributed by atoms with Gasteiger partial charge in [-0.15, -0.1) is 15.3 Å². The predicted molar refractivity (Wildman–Crippen MR) is 77.0 cm³/mol. The molecule has 0 aliphatic rings. The number of nitrogens with one attached hydrogen (secondary N) is 1. The summed E-state index contributed by atoms with van der Waals surface area (Å²) >= 11 is 1.43. The Morgan fingerprint density at radius 3 is 2.90 bits per heavy atom. The number of ether oxygens (including phenoxy) is 1. The minimum absolute atomic E-state index is 0.439. The molecule has 2 heterocycles. The van der Waals surface area contributed by atoms with Crippen molar-refractivity contribution < 1.29 is 9.15 Å². The fourth-order valence-corrected chi connectivity index (χ4v) is 2.44. The van der Waals surface area contributed by atoms with Gasteiger partial charge in [-0.3, -0.25) is 5.10 Å². The number of aromatic amines is 1. The van der Waals surface area contributed by atoms with Crippen LogP contribution in [0.15, 0.2) is 33.8 Å². The van der Waals surface area contributed by atoms with Crippen LogP contribution in [0.1, 0.15) is 11.7 Å². The normalized spacial score (nSPS) is 10.8. The maximum Gasteiger partial charge on any atom is 0.251 e. The summed E-state index contributed by atoms with van der Waals surface area (Å²) in [4.78, 5) is 4.20. The minimum Gasteiger partial charge on any atom is -0.496 e. The van der Waals surface area contributed by atoms with Crippen LogP contribution in [0.2, 0.25) is 0 Å². The van der Waals surface area contributed by atoms with E-state index in [0.717, 1.165) is 11.4 Å². The summed E-state index contributed by atoms with van der Waals surface area (Å²) < 4.78 is 10.9. The number of aryl methyl sites for hydroxylation is 1. The third-order valence-electron chi connectivity index (χ3n) is 2.71. The Kier molecular flexibility index (Phi) is 3.87. The first-order chi connectivity index (χ1) is 10.3. The average Bonchev–Trinajstić information content (AvgIpc) is 3.14. The van der Waals surface area contributed by atoms with Gasteiger partial charge in [0.1, 0.15) is 11.6 Å². The largest absolute Gasteiger partial charge is 0.496 e. The lowest BCUT2D eigenvalue weighted by atomic mass is 10.2. The van der Waals surface area contributed by atoms with Gasteiger partial charge >= 0.3 is 0 Å². The standard InChI is InChI=1S/C13H13N5O2S/c1-8-14-13(18-15-8)21-7-11-16-17-12(20-11)9-5-3-4-6-10(9)19-2/h3-6H,7H2,1-2H3,(H,14,15,18). The molecule has 0 aliphatic carbocycles. The molecular formula is C13H13N5O2S. The first-order valence-electron chi connectivity index (χ1n) is 6.24. The van der Waals surface area contributed by atoms with Crippen LogP contribution >= 0.6 is 11.8 Å². The van der Waals surface area contributed by atoms with Gasteiger partial charge in [-0.1, -0.05) is 23.9 Å². The zero-order valence-corrected chi connectivity index (χ0v) is 12.3. The quantitative estimate of drug-likeness (QED) is 0.724. The number of methoxy groups -OCH3 is 1. The number of hydrogen-bond acceptors (Lipinski definition) is 7. The molecule has 1 aromatic carbocycles. The number of thioether (sulfide) groups is 1. The van der Waals surface area contributed by atoms with Crippen LogP contribution in [0.3, 0.4) is 0 Å². The molecule has 108 valence electrons. The monoisotopic (exact) mass is 303 g/mol. The highest BCUT2D eigenvalue weighted by Gasteiger charge is 2.13. The number of H-pyrrole nitrogens is 1. The van der Waals surface area contributed by atoms with Gasteiger partial charge in [0.25, 0.3) is 5.89 Å². The molecule has 0 aliphatic heterocycles. The van der Waals surface area contributed by atoms with E-state index in [2.05, 4.69) is 25.4 Å². The van der Waals surface area contributed by atoms with Gasteiger partial charge < -0.3 is 9.15 Å². The molecule has 0 saturated carbocycles. The molecule has 3 rings (SSSR count). The molecule has 0 saturated heterocycles. The molecule has 0 unspecified atom stereocenters. The second-order valence-corrected chi connectivity index (χ2v) is 5.14. The van der Waals surface area contributed by atoms with Gasteiger partial charge in [0.2, 0.25) is 11.0 Å². The highest BCUT2D eigenvalue weighted by molar-refractivity contribution is 7.98.